The molecule has 6 rings (SSSR count). The van der Waals surface area contributed by atoms with E-state index < -0.39 is 0 Å². The maximum absolute atomic E-state index is 4.72. The Morgan fingerprint density at radius 3 is 2.71 bits per heavy atom. The van der Waals surface area contributed by atoms with Crippen LogP contribution in [-0.4, -0.2) is 40.0 Å². The zero-order valence-electron chi connectivity index (χ0n) is 20.1. The number of rotatable bonds is 5. The van der Waals surface area contributed by atoms with Crippen LogP contribution in [0, 0.1) is 12.8 Å². The zero-order chi connectivity index (χ0) is 23.8. The number of likely N-dealkylation sites (tertiary alicyclic amines) is 1. The van der Waals surface area contributed by atoms with E-state index in [2.05, 4.69) is 75.9 Å². The molecule has 1 saturated heterocycles. The molecular weight excluding hydrogens is 450 g/mol. The Labute approximate surface area is 209 Å². The van der Waals surface area contributed by atoms with Crippen LogP contribution in [0.3, 0.4) is 0 Å². The zero-order valence-corrected chi connectivity index (χ0v) is 20.9. The molecule has 0 bridgehead atoms. The number of hydrogen-bond donors (Lipinski definition) is 1. The van der Waals surface area contributed by atoms with Gasteiger partial charge >= 0.3 is 0 Å². The Morgan fingerprint density at radius 1 is 1.03 bits per heavy atom. The number of anilines is 1. The number of nitrogens with zero attached hydrogens (tertiary/aromatic N) is 4. The van der Waals surface area contributed by atoms with Crippen molar-refractivity contribution in [1.29, 1.82) is 0 Å². The monoisotopic (exact) mass is 479 g/mol. The summed E-state index contributed by atoms with van der Waals surface area (Å²) in [5, 5.41) is 7.44. The van der Waals surface area contributed by atoms with Gasteiger partial charge in [0.25, 0.3) is 0 Å². The summed E-state index contributed by atoms with van der Waals surface area (Å²) in [6, 6.07) is 15.5. The number of thiophene rings is 1. The number of benzene rings is 2. The fourth-order valence-electron chi connectivity index (χ4n) is 5.28. The molecule has 0 radical (unpaired) electrons. The van der Waals surface area contributed by atoms with E-state index in [9.17, 15) is 0 Å². The van der Waals surface area contributed by atoms with Crippen LogP contribution in [0.5, 0.6) is 0 Å². The van der Waals surface area contributed by atoms with Crippen molar-refractivity contribution in [3.05, 3.63) is 83.8 Å². The second-order valence-electron chi connectivity index (χ2n) is 9.63. The van der Waals surface area contributed by atoms with Gasteiger partial charge in [0, 0.05) is 40.7 Å². The van der Waals surface area contributed by atoms with Crippen molar-refractivity contribution in [3.63, 3.8) is 0 Å². The first kappa shape index (κ1) is 22.1. The lowest BCUT2D eigenvalue weighted by Crippen LogP contribution is -2.34. The Hall–Kier alpha value is -3.35. The average molecular weight is 480 g/mol. The highest BCUT2D eigenvalue weighted by atomic mass is 32.1. The Balaban J connectivity index is 1.44. The van der Waals surface area contributed by atoms with Crippen molar-refractivity contribution >= 4 is 38.1 Å². The van der Waals surface area contributed by atoms with Gasteiger partial charge in [0.15, 0.2) is 0 Å². The van der Waals surface area contributed by atoms with Crippen LogP contribution >= 0.6 is 11.3 Å². The lowest BCUT2D eigenvalue weighted by molar-refractivity contribution is 0.204. The minimum Gasteiger partial charge on any atom is -0.378 e. The normalized spacial score (nSPS) is 16.1. The Kier molecular flexibility index (Phi) is 5.92. The summed E-state index contributed by atoms with van der Waals surface area (Å²) in [4.78, 5) is 16.3. The van der Waals surface area contributed by atoms with Gasteiger partial charge in [-0.05, 0) is 104 Å². The first-order valence-electron chi connectivity index (χ1n) is 12.2. The van der Waals surface area contributed by atoms with Crippen LogP contribution in [0.25, 0.3) is 32.2 Å². The number of aryl methyl sites for hydroxylation is 1. The minimum absolute atomic E-state index is 0.195. The lowest BCUT2D eigenvalue weighted by atomic mass is 9.85. The third-order valence-electron chi connectivity index (χ3n) is 7.25. The quantitative estimate of drug-likeness (QED) is 0.304. The fourth-order valence-corrected chi connectivity index (χ4v) is 6.20. The highest BCUT2D eigenvalue weighted by Crippen LogP contribution is 2.37. The van der Waals surface area contributed by atoms with Crippen molar-refractivity contribution in [3.8, 4) is 11.1 Å². The molecule has 3 aromatic heterocycles. The standard InChI is InChI=1S/C29H29N5S/c1-19-18-35-27-6-5-21(14-24(19)27)25-15-23(16-26-29(25)32-11-10-31-26)33-28(22-4-3-9-30-17-22)20-7-12-34(2)13-8-20/h3-6,9-11,14-18,20,28,33H,7-8,12-13H2,1-2H3. The van der Waals surface area contributed by atoms with Gasteiger partial charge in [-0.3, -0.25) is 15.0 Å². The summed E-state index contributed by atoms with van der Waals surface area (Å²) >= 11 is 1.80. The molecule has 1 atom stereocenters. The van der Waals surface area contributed by atoms with Gasteiger partial charge < -0.3 is 10.2 Å². The average Bonchev–Trinajstić information content (AvgIpc) is 3.28. The molecular formula is C29H29N5S. The van der Waals surface area contributed by atoms with Crippen LogP contribution in [0.2, 0.25) is 0 Å². The van der Waals surface area contributed by atoms with Crippen molar-refractivity contribution in [1.82, 2.24) is 19.9 Å². The van der Waals surface area contributed by atoms with Gasteiger partial charge in [-0.25, -0.2) is 0 Å². The molecule has 0 spiro atoms. The lowest BCUT2D eigenvalue weighted by Gasteiger charge is -2.35. The first-order valence-corrected chi connectivity index (χ1v) is 13.1. The molecule has 35 heavy (non-hydrogen) atoms. The predicted molar refractivity (Wildman–Crippen MR) is 146 cm³/mol. The van der Waals surface area contributed by atoms with E-state index in [1.807, 2.05) is 18.5 Å². The van der Waals surface area contributed by atoms with Gasteiger partial charge in [0.2, 0.25) is 0 Å². The molecule has 5 nitrogen and oxygen atoms in total. The number of nitrogens with one attached hydrogen (secondary N) is 1. The van der Waals surface area contributed by atoms with E-state index in [0.29, 0.717) is 5.92 Å². The third-order valence-corrected chi connectivity index (χ3v) is 8.33. The van der Waals surface area contributed by atoms with Gasteiger partial charge in [-0.15, -0.1) is 11.3 Å². The van der Waals surface area contributed by atoms with Crippen LogP contribution < -0.4 is 5.32 Å². The van der Waals surface area contributed by atoms with Crippen molar-refractivity contribution in [2.45, 2.75) is 25.8 Å². The van der Waals surface area contributed by atoms with Gasteiger partial charge in [0.1, 0.15) is 0 Å². The van der Waals surface area contributed by atoms with Crippen LogP contribution in [-0.2, 0) is 0 Å². The largest absolute Gasteiger partial charge is 0.378 e. The third kappa shape index (κ3) is 4.40. The van der Waals surface area contributed by atoms with Crippen molar-refractivity contribution < 1.29 is 0 Å². The molecule has 1 N–H and O–H groups in total. The van der Waals surface area contributed by atoms with Crippen LogP contribution in [0.4, 0.5) is 5.69 Å². The molecule has 0 aliphatic carbocycles. The predicted octanol–water partition coefficient (Wildman–Crippen LogP) is 6.71. The molecule has 0 amide bonds. The summed E-state index contributed by atoms with van der Waals surface area (Å²) in [7, 11) is 2.21. The summed E-state index contributed by atoms with van der Waals surface area (Å²) in [5.41, 5.74) is 7.74. The fraction of sp³-hybridized carbons (Fsp3) is 0.276. The molecule has 6 heteroatoms. The number of aromatic nitrogens is 3. The SMILES string of the molecule is Cc1csc2ccc(-c3cc(NC(c4cccnc4)C4CCN(C)CC4)cc4nccnc34)cc12. The maximum Gasteiger partial charge on any atom is 0.0966 e. The number of pyridine rings is 1. The summed E-state index contributed by atoms with van der Waals surface area (Å²) < 4.78 is 1.31. The van der Waals surface area contributed by atoms with Crippen LogP contribution in [0.1, 0.15) is 30.0 Å². The van der Waals surface area contributed by atoms with E-state index in [1.165, 1.54) is 26.8 Å². The summed E-state index contributed by atoms with van der Waals surface area (Å²) in [6.45, 7) is 4.42. The van der Waals surface area contributed by atoms with E-state index in [4.69, 9.17) is 4.98 Å². The van der Waals surface area contributed by atoms with E-state index in [1.54, 1.807) is 23.7 Å². The number of hydrogen-bond acceptors (Lipinski definition) is 6. The highest BCUT2D eigenvalue weighted by Gasteiger charge is 2.27. The summed E-state index contributed by atoms with van der Waals surface area (Å²) in [5.74, 6) is 0.543. The van der Waals surface area contributed by atoms with Crippen molar-refractivity contribution in [2.24, 2.45) is 5.92 Å². The van der Waals surface area contributed by atoms with E-state index >= 15 is 0 Å². The second kappa shape index (κ2) is 9.36. The smallest absolute Gasteiger partial charge is 0.0966 e. The molecule has 0 saturated carbocycles. The first-order chi connectivity index (χ1) is 17.2. The second-order valence-corrected chi connectivity index (χ2v) is 10.5. The van der Waals surface area contributed by atoms with Crippen LogP contribution in [0.15, 0.2) is 72.6 Å². The molecule has 5 aromatic rings. The molecule has 1 unspecified atom stereocenters. The Bertz CT molecular complexity index is 1470. The molecule has 1 aliphatic heterocycles. The molecule has 1 fully saturated rings. The van der Waals surface area contributed by atoms with Crippen molar-refractivity contribution in [2.75, 3.05) is 25.5 Å². The summed E-state index contributed by atoms with van der Waals surface area (Å²) in [6.07, 6.45) is 9.74. The Morgan fingerprint density at radius 2 is 1.89 bits per heavy atom. The molecule has 4 heterocycles. The van der Waals surface area contributed by atoms with Gasteiger partial charge in [-0.2, -0.15) is 0 Å². The highest BCUT2D eigenvalue weighted by molar-refractivity contribution is 7.17. The topological polar surface area (TPSA) is 53.9 Å². The number of piperidine rings is 1. The van der Waals surface area contributed by atoms with Gasteiger partial charge in [-0.1, -0.05) is 12.1 Å². The van der Waals surface area contributed by atoms with Gasteiger partial charge in [0.05, 0.1) is 17.1 Å². The molecule has 176 valence electrons. The molecule has 1 aliphatic rings. The van der Waals surface area contributed by atoms with E-state index in [-0.39, 0.29) is 6.04 Å². The minimum atomic E-state index is 0.195. The number of fused-ring (bicyclic) bond motifs is 2. The van der Waals surface area contributed by atoms with E-state index in [0.717, 1.165) is 48.2 Å². The maximum atomic E-state index is 4.72. The molecule has 2 aromatic carbocycles.